The third-order valence-electron chi connectivity index (χ3n) is 0.805. The standard InChI is InChI=1S/C6H6N2/c7-8-6-4-2-1-3-5-6/h1-2,4,8H,7H2. The van der Waals surface area contributed by atoms with E-state index in [1.165, 1.54) is 0 Å². The van der Waals surface area contributed by atoms with Crippen molar-refractivity contribution < 1.29 is 0 Å². The van der Waals surface area contributed by atoms with Crippen LogP contribution in [0.25, 0.3) is 0 Å². The number of hydrogen-bond donors (Lipinski definition) is 2. The third-order valence-corrected chi connectivity index (χ3v) is 0.805. The van der Waals surface area contributed by atoms with Crippen molar-refractivity contribution in [1.82, 2.24) is 0 Å². The Morgan fingerprint density at radius 3 is 2.88 bits per heavy atom. The van der Waals surface area contributed by atoms with Crippen LogP contribution < -0.4 is 11.3 Å². The fourth-order valence-electron chi connectivity index (χ4n) is 0.438. The summed E-state index contributed by atoms with van der Waals surface area (Å²) < 4.78 is 0. The Labute approximate surface area is 48.3 Å². The van der Waals surface area contributed by atoms with Crippen LogP contribution in [-0.4, -0.2) is 0 Å². The number of hydrazine groups is 1. The van der Waals surface area contributed by atoms with E-state index in [2.05, 4.69) is 17.6 Å². The summed E-state index contributed by atoms with van der Waals surface area (Å²) >= 11 is 0. The molecule has 0 saturated heterocycles. The van der Waals surface area contributed by atoms with Gasteiger partial charge in [-0.1, -0.05) is 12.1 Å². The average Bonchev–Trinajstić information content (AvgIpc) is 1.90. The number of anilines is 1. The number of nitrogens with two attached hydrogens (primary N) is 1. The van der Waals surface area contributed by atoms with Gasteiger partial charge in [-0.3, -0.25) is 0 Å². The van der Waals surface area contributed by atoms with Gasteiger partial charge in [0.15, 0.2) is 0 Å². The smallest absolute Gasteiger partial charge is 0.0997 e. The molecular weight excluding hydrogens is 100 g/mol. The van der Waals surface area contributed by atoms with E-state index in [4.69, 9.17) is 5.84 Å². The molecule has 0 aliphatic rings. The summed E-state index contributed by atoms with van der Waals surface area (Å²) in [4.78, 5) is 0. The summed E-state index contributed by atoms with van der Waals surface area (Å²) in [6, 6.07) is 10.9. The molecular formula is C6H6N2. The van der Waals surface area contributed by atoms with Crippen molar-refractivity contribution in [2.45, 2.75) is 0 Å². The van der Waals surface area contributed by atoms with Crippen LogP contribution in [0.4, 0.5) is 5.69 Å². The fraction of sp³-hybridized carbons (Fsp3) is 0. The van der Waals surface area contributed by atoms with Crippen LogP contribution in [0, 0.1) is 12.1 Å². The molecule has 0 radical (unpaired) electrons. The lowest BCUT2D eigenvalue weighted by atomic mass is 10.4. The highest BCUT2D eigenvalue weighted by molar-refractivity contribution is 5.36. The lowest BCUT2D eigenvalue weighted by Crippen LogP contribution is -2.05. The second kappa shape index (κ2) is 2.20. The topological polar surface area (TPSA) is 38.0 Å². The van der Waals surface area contributed by atoms with Crippen LogP contribution in [0.3, 0.4) is 0 Å². The van der Waals surface area contributed by atoms with Crippen molar-refractivity contribution in [3.63, 3.8) is 0 Å². The molecule has 0 atom stereocenters. The molecule has 1 aromatic rings. The highest BCUT2D eigenvalue weighted by atomic mass is 15.2. The first-order chi connectivity index (χ1) is 3.93. The van der Waals surface area contributed by atoms with Crippen LogP contribution in [0.2, 0.25) is 0 Å². The molecule has 0 aliphatic heterocycles. The number of nitrogens with one attached hydrogen (secondary N) is 1. The van der Waals surface area contributed by atoms with Crippen LogP contribution in [0.5, 0.6) is 0 Å². The van der Waals surface area contributed by atoms with Gasteiger partial charge in [-0.15, -0.1) is 0 Å². The highest BCUT2D eigenvalue weighted by Crippen LogP contribution is 1.94. The summed E-state index contributed by atoms with van der Waals surface area (Å²) in [7, 11) is 0. The lowest BCUT2D eigenvalue weighted by Gasteiger charge is -1.89. The van der Waals surface area contributed by atoms with Gasteiger partial charge in [0.25, 0.3) is 0 Å². The summed E-state index contributed by atoms with van der Waals surface area (Å²) in [5.74, 6) is 5.05. The molecule has 0 aromatic heterocycles. The van der Waals surface area contributed by atoms with E-state index in [0.29, 0.717) is 0 Å². The van der Waals surface area contributed by atoms with Gasteiger partial charge in [0.05, 0.1) is 5.69 Å². The van der Waals surface area contributed by atoms with E-state index in [9.17, 15) is 0 Å². The zero-order valence-corrected chi connectivity index (χ0v) is 4.31. The summed E-state index contributed by atoms with van der Waals surface area (Å²) in [5.41, 5.74) is 3.20. The lowest BCUT2D eigenvalue weighted by molar-refractivity contribution is 1.36. The molecule has 0 amide bonds. The first kappa shape index (κ1) is 4.95. The Balaban J connectivity index is 2.83. The van der Waals surface area contributed by atoms with Crippen molar-refractivity contribution in [2.75, 3.05) is 5.43 Å². The van der Waals surface area contributed by atoms with Crippen LogP contribution in [-0.2, 0) is 0 Å². The van der Waals surface area contributed by atoms with E-state index < -0.39 is 0 Å². The van der Waals surface area contributed by atoms with E-state index in [1.807, 2.05) is 12.1 Å². The SMILES string of the molecule is NNc1c#cccc1. The second-order valence-corrected chi connectivity index (χ2v) is 1.35. The first-order valence-corrected chi connectivity index (χ1v) is 2.28. The zero-order chi connectivity index (χ0) is 5.82. The van der Waals surface area contributed by atoms with Crippen LogP contribution in [0.15, 0.2) is 18.2 Å². The molecule has 0 saturated carbocycles. The third kappa shape index (κ3) is 0.895. The van der Waals surface area contributed by atoms with E-state index in [0.717, 1.165) is 5.69 Å². The van der Waals surface area contributed by atoms with Gasteiger partial charge in [0.2, 0.25) is 0 Å². The molecule has 0 fully saturated rings. The Bertz CT molecular complexity index is 148. The highest BCUT2D eigenvalue weighted by Gasteiger charge is 1.76. The quantitative estimate of drug-likeness (QED) is 0.406. The summed E-state index contributed by atoms with van der Waals surface area (Å²) in [5, 5.41) is 0. The van der Waals surface area contributed by atoms with E-state index in [-0.39, 0.29) is 0 Å². The minimum atomic E-state index is 0.757. The molecule has 3 N–H and O–H groups in total. The van der Waals surface area contributed by atoms with E-state index >= 15 is 0 Å². The largest absolute Gasteiger partial charge is 0.317 e. The minimum Gasteiger partial charge on any atom is -0.317 e. The normalized spacial score (nSPS) is 7.62. The Morgan fingerprint density at radius 2 is 2.50 bits per heavy atom. The number of rotatable bonds is 1. The molecule has 0 spiro atoms. The van der Waals surface area contributed by atoms with Crippen molar-refractivity contribution in [1.29, 1.82) is 0 Å². The van der Waals surface area contributed by atoms with Crippen molar-refractivity contribution in [2.24, 2.45) is 5.84 Å². The molecule has 1 aromatic carbocycles. The van der Waals surface area contributed by atoms with Crippen molar-refractivity contribution in [3.05, 3.63) is 30.3 Å². The van der Waals surface area contributed by atoms with Crippen LogP contribution >= 0.6 is 0 Å². The Morgan fingerprint density at radius 1 is 1.62 bits per heavy atom. The van der Waals surface area contributed by atoms with Gasteiger partial charge in [-0.25, -0.2) is 5.84 Å². The number of nitrogen functional groups attached to an aromatic ring is 1. The van der Waals surface area contributed by atoms with Gasteiger partial charge in [-0.2, -0.15) is 0 Å². The molecule has 0 bridgehead atoms. The maximum atomic E-state index is 5.05. The first-order valence-electron chi connectivity index (χ1n) is 2.28. The summed E-state index contributed by atoms with van der Waals surface area (Å²) in [6.07, 6.45) is 0. The van der Waals surface area contributed by atoms with Crippen molar-refractivity contribution in [3.8, 4) is 0 Å². The van der Waals surface area contributed by atoms with E-state index in [1.54, 1.807) is 6.07 Å². The van der Waals surface area contributed by atoms with Gasteiger partial charge < -0.3 is 5.43 Å². The second-order valence-electron chi connectivity index (χ2n) is 1.35. The zero-order valence-electron chi connectivity index (χ0n) is 4.31. The molecule has 0 aliphatic carbocycles. The maximum Gasteiger partial charge on any atom is 0.0997 e. The van der Waals surface area contributed by atoms with Gasteiger partial charge in [0, 0.05) is 0 Å². The molecule has 2 heteroatoms. The molecule has 0 heterocycles. The predicted octanol–water partition coefficient (Wildman–Crippen LogP) is 0.573. The molecule has 8 heavy (non-hydrogen) atoms. The molecule has 1 rings (SSSR count). The Hall–Kier alpha value is -1.20. The maximum absolute atomic E-state index is 5.05. The predicted molar refractivity (Wildman–Crippen MR) is 31.9 cm³/mol. The minimum absolute atomic E-state index is 0.757. The van der Waals surface area contributed by atoms with Gasteiger partial charge in [-0.05, 0) is 18.2 Å². The summed E-state index contributed by atoms with van der Waals surface area (Å²) in [6.45, 7) is 0. The molecule has 0 unspecified atom stereocenters. The molecule has 2 nitrogen and oxygen atoms in total. The van der Waals surface area contributed by atoms with Crippen molar-refractivity contribution >= 4 is 5.69 Å². The average molecular weight is 106 g/mol. The molecule has 40 valence electrons. The van der Waals surface area contributed by atoms with Gasteiger partial charge >= 0.3 is 0 Å². The van der Waals surface area contributed by atoms with Crippen LogP contribution in [0.1, 0.15) is 0 Å². The monoisotopic (exact) mass is 106 g/mol. The number of hydrogen-bond acceptors (Lipinski definition) is 2. The Kier molecular flexibility index (Phi) is 1.36. The fourth-order valence-corrected chi connectivity index (χ4v) is 0.438. The van der Waals surface area contributed by atoms with Gasteiger partial charge in [0.1, 0.15) is 0 Å².